The number of thiazole rings is 2. The Labute approximate surface area is 145 Å². The second-order valence-corrected chi connectivity index (χ2v) is 6.48. The van der Waals surface area contributed by atoms with Gasteiger partial charge < -0.3 is 10.4 Å². The van der Waals surface area contributed by atoms with Gasteiger partial charge in [-0.05, 0) is 12.1 Å². The average Bonchev–Trinajstić information content (AvgIpc) is 3.16. The van der Waals surface area contributed by atoms with Crippen molar-refractivity contribution in [3.8, 4) is 17.0 Å². The molecule has 122 valence electrons. The van der Waals surface area contributed by atoms with Crippen LogP contribution >= 0.6 is 22.7 Å². The number of aromatic nitrogens is 2. The number of hydrogen-bond donors (Lipinski definition) is 3. The van der Waals surface area contributed by atoms with Gasteiger partial charge in [-0.25, -0.2) is 9.97 Å². The molecule has 1 aromatic carbocycles. The lowest BCUT2D eigenvalue weighted by Gasteiger charge is -1.99. The van der Waals surface area contributed by atoms with E-state index in [1.165, 1.54) is 29.6 Å². The normalized spacial score (nSPS) is 10.4. The number of carbonyl (C=O) groups is 2. The summed E-state index contributed by atoms with van der Waals surface area (Å²) in [4.78, 5) is 31.5. The van der Waals surface area contributed by atoms with Crippen molar-refractivity contribution in [2.24, 2.45) is 0 Å². The minimum atomic E-state index is -0.403. The summed E-state index contributed by atoms with van der Waals surface area (Å²) in [6.45, 7) is 1.37. The Kier molecular flexibility index (Phi) is 4.54. The highest BCUT2D eigenvalue weighted by molar-refractivity contribution is 7.14. The van der Waals surface area contributed by atoms with Gasteiger partial charge in [-0.2, -0.15) is 0 Å². The fourth-order valence-electron chi connectivity index (χ4n) is 1.88. The van der Waals surface area contributed by atoms with Gasteiger partial charge in [-0.15, -0.1) is 22.7 Å². The van der Waals surface area contributed by atoms with Crippen molar-refractivity contribution in [1.29, 1.82) is 0 Å². The van der Waals surface area contributed by atoms with Crippen LogP contribution in [0, 0.1) is 0 Å². The molecule has 2 amide bonds. The molecule has 3 N–H and O–H groups in total. The third-order valence-electron chi connectivity index (χ3n) is 2.89. The molecule has 0 radical (unpaired) electrons. The highest BCUT2D eigenvalue weighted by atomic mass is 32.1. The zero-order chi connectivity index (χ0) is 17.1. The van der Waals surface area contributed by atoms with Crippen molar-refractivity contribution in [3.05, 3.63) is 40.7 Å². The van der Waals surface area contributed by atoms with Gasteiger partial charge >= 0.3 is 0 Å². The number of nitrogens with zero attached hydrogens (tertiary/aromatic N) is 2. The maximum absolute atomic E-state index is 12.2. The van der Waals surface area contributed by atoms with Crippen LogP contribution in [0.4, 0.5) is 10.3 Å². The monoisotopic (exact) mass is 360 g/mol. The van der Waals surface area contributed by atoms with Crippen LogP contribution in [0.15, 0.2) is 35.0 Å². The van der Waals surface area contributed by atoms with Gasteiger partial charge in [-0.3, -0.25) is 14.9 Å². The highest BCUT2D eigenvalue weighted by Gasteiger charge is 2.14. The Balaban J connectivity index is 1.71. The summed E-state index contributed by atoms with van der Waals surface area (Å²) in [6.07, 6.45) is 0. The topological polar surface area (TPSA) is 104 Å². The van der Waals surface area contributed by atoms with E-state index in [0.29, 0.717) is 16.0 Å². The average molecular weight is 360 g/mol. The molecule has 2 aromatic heterocycles. The predicted octanol–water partition coefficient (Wildman–Crippen LogP) is 3.18. The first-order valence-corrected chi connectivity index (χ1v) is 8.56. The van der Waals surface area contributed by atoms with E-state index in [-0.39, 0.29) is 17.4 Å². The largest absolute Gasteiger partial charge is 0.508 e. The van der Waals surface area contributed by atoms with Gasteiger partial charge in [0.05, 0.1) is 5.69 Å². The Morgan fingerprint density at radius 1 is 1.08 bits per heavy atom. The summed E-state index contributed by atoms with van der Waals surface area (Å²) in [6, 6.07) is 6.72. The lowest BCUT2D eigenvalue weighted by Crippen LogP contribution is -2.12. The molecule has 0 saturated heterocycles. The number of rotatable bonds is 4. The number of amides is 2. The van der Waals surface area contributed by atoms with Gasteiger partial charge in [0, 0.05) is 23.2 Å². The molecule has 9 heteroatoms. The van der Waals surface area contributed by atoms with Crippen LogP contribution < -0.4 is 10.6 Å². The molecule has 7 nitrogen and oxygen atoms in total. The van der Waals surface area contributed by atoms with Gasteiger partial charge in [-0.1, -0.05) is 12.1 Å². The third kappa shape index (κ3) is 3.76. The number of anilines is 2. The zero-order valence-electron chi connectivity index (χ0n) is 12.4. The van der Waals surface area contributed by atoms with Crippen LogP contribution in [0.25, 0.3) is 11.3 Å². The van der Waals surface area contributed by atoms with Crippen molar-refractivity contribution in [2.75, 3.05) is 10.6 Å². The van der Waals surface area contributed by atoms with E-state index in [1.54, 1.807) is 29.0 Å². The van der Waals surface area contributed by atoms with Crippen LogP contribution in [0.2, 0.25) is 0 Å². The molecule has 3 rings (SSSR count). The van der Waals surface area contributed by atoms with E-state index in [2.05, 4.69) is 20.6 Å². The summed E-state index contributed by atoms with van der Waals surface area (Å²) >= 11 is 2.44. The first-order chi connectivity index (χ1) is 11.5. The van der Waals surface area contributed by atoms with E-state index in [4.69, 9.17) is 0 Å². The lowest BCUT2D eigenvalue weighted by atomic mass is 10.2. The van der Waals surface area contributed by atoms with Crippen LogP contribution in [0.1, 0.15) is 17.4 Å². The standard InChI is InChI=1S/C15H12N4O3S2/c1-8(20)16-14-18-12(7-24-14)13(22)19-15-17-11(6-23-15)9-3-2-4-10(21)5-9/h2-7,21H,1H3,(H,16,18,20)(H,17,19,22). The summed E-state index contributed by atoms with van der Waals surface area (Å²) in [5.74, 6) is -0.495. The fraction of sp³-hybridized carbons (Fsp3) is 0.0667. The van der Waals surface area contributed by atoms with E-state index < -0.39 is 5.91 Å². The SMILES string of the molecule is CC(=O)Nc1nc(C(=O)Nc2nc(-c3cccc(O)c3)cs2)cs1. The molecule has 24 heavy (non-hydrogen) atoms. The molecule has 0 aliphatic heterocycles. The predicted molar refractivity (Wildman–Crippen MR) is 93.6 cm³/mol. The molecular weight excluding hydrogens is 348 g/mol. The summed E-state index contributed by atoms with van der Waals surface area (Å²) in [5.41, 5.74) is 1.62. The van der Waals surface area contributed by atoms with E-state index in [0.717, 1.165) is 5.56 Å². The van der Waals surface area contributed by atoms with E-state index >= 15 is 0 Å². The number of hydrogen-bond acceptors (Lipinski definition) is 7. The fourth-order valence-corrected chi connectivity index (χ4v) is 3.33. The second-order valence-electron chi connectivity index (χ2n) is 4.76. The zero-order valence-corrected chi connectivity index (χ0v) is 14.1. The van der Waals surface area contributed by atoms with Gasteiger partial charge in [0.1, 0.15) is 11.4 Å². The first-order valence-electron chi connectivity index (χ1n) is 6.80. The van der Waals surface area contributed by atoms with Gasteiger partial charge in [0.15, 0.2) is 10.3 Å². The van der Waals surface area contributed by atoms with Crippen molar-refractivity contribution >= 4 is 44.8 Å². The van der Waals surface area contributed by atoms with E-state index in [1.807, 2.05) is 6.07 Å². The number of carbonyl (C=O) groups excluding carboxylic acids is 2. The smallest absolute Gasteiger partial charge is 0.276 e. The molecule has 3 aromatic rings. The Morgan fingerprint density at radius 2 is 1.83 bits per heavy atom. The molecular formula is C15H12N4O3S2. The van der Waals surface area contributed by atoms with Crippen LogP contribution in [-0.2, 0) is 4.79 Å². The molecule has 0 aliphatic carbocycles. The molecule has 0 atom stereocenters. The van der Waals surface area contributed by atoms with Crippen LogP contribution in [-0.4, -0.2) is 26.9 Å². The minimum absolute atomic E-state index is 0.152. The first kappa shape index (κ1) is 16.1. The number of aromatic hydroxyl groups is 1. The van der Waals surface area contributed by atoms with Crippen molar-refractivity contribution in [2.45, 2.75) is 6.92 Å². The van der Waals surface area contributed by atoms with Gasteiger partial charge in [0.2, 0.25) is 5.91 Å². The number of nitrogens with one attached hydrogen (secondary N) is 2. The van der Waals surface area contributed by atoms with Gasteiger partial charge in [0.25, 0.3) is 5.91 Å². The van der Waals surface area contributed by atoms with Crippen molar-refractivity contribution in [3.63, 3.8) is 0 Å². The van der Waals surface area contributed by atoms with Crippen molar-refractivity contribution in [1.82, 2.24) is 9.97 Å². The van der Waals surface area contributed by atoms with E-state index in [9.17, 15) is 14.7 Å². The molecule has 0 bridgehead atoms. The maximum atomic E-state index is 12.2. The molecule has 0 saturated carbocycles. The Bertz CT molecular complexity index is 904. The summed E-state index contributed by atoms with van der Waals surface area (Å²) in [7, 11) is 0. The quantitative estimate of drug-likeness (QED) is 0.663. The summed E-state index contributed by atoms with van der Waals surface area (Å²) in [5, 5.41) is 18.8. The summed E-state index contributed by atoms with van der Waals surface area (Å²) < 4.78 is 0. The molecule has 0 unspecified atom stereocenters. The molecule has 0 aliphatic rings. The molecule has 2 heterocycles. The third-order valence-corrected chi connectivity index (χ3v) is 4.40. The van der Waals surface area contributed by atoms with Crippen molar-refractivity contribution < 1.29 is 14.7 Å². The number of phenols is 1. The van der Waals surface area contributed by atoms with Crippen LogP contribution in [0.5, 0.6) is 5.75 Å². The van der Waals surface area contributed by atoms with Crippen LogP contribution in [0.3, 0.4) is 0 Å². The highest BCUT2D eigenvalue weighted by Crippen LogP contribution is 2.27. The second kappa shape index (κ2) is 6.77. The number of phenolic OH excluding ortho intramolecular Hbond substituents is 1. The maximum Gasteiger partial charge on any atom is 0.276 e. The number of benzene rings is 1. The minimum Gasteiger partial charge on any atom is -0.508 e. The Hall–Kier alpha value is -2.78. The lowest BCUT2D eigenvalue weighted by molar-refractivity contribution is -0.114. The molecule has 0 spiro atoms. The molecule has 0 fully saturated rings. The Morgan fingerprint density at radius 3 is 2.58 bits per heavy atom.